The number of fused-ring (bicyclic) bond motifs is 1. The lowest BCUT2D eigenvalue weighted by Gasteiger charge is -2.03. The van der Waals surface area contributed by atoms with E-state index in [0.29, 0.717) is 10.6 Å². The largest absolute Gasteiger partial charge is 0.320 e. The molecule has 0 bridgehead atoms. The van der Waals surface area contributed by atoms with E-state index in [0.717, 1.165) is 33.6 Å². The summed E-state index contributed by atoms with van der Waals surface area (Å²) in [4.78, 5) is 26.1. The molecule has 0 unspecified atom stereocenters. The molecule has 0 radical (unpaired) electrons. The molecule has 0 aliphatic heterocycles. The maximum absolute atomic E-state index is 12.6. The maximum Gasteiger partial charge on any atom is 0.265 e. The van der Waals surface area contributed by atoms with E-state index in [9.17, 15) is 4.79 Å². The number of amides is 1. The lowest BCUT2D eigenvalue weighted by atomic mass is 10.1. The molecule has 0 aliphatic rings. The minimum absolute atomic E-state index is 0.166. The first-order valence-electron chi connectivity index (χ1n) is 9.24. The highest BCUT2D eigenvalue weighted by atomic mass is 32.1. The van der Waals surface area contributed by atoms with Crippen LogP contribution in [0.2, 0.25) is 0 Å². The average Bonchev–Trinajstić information content (AvgIpc) is 3.42. The molecule has 0 atom stereocenters. The fraction of sp³-hybridized carbons (Fsp3) is 0.0455. The number of thiophene rings is 1. The molecule has 7 nitrogen and oxygen atoms in total. The first kappa shape index (κ1) is 18.1. The van der Waals surface area contributed by atoms with Gasteiger partial charge in [0.1, 0.15) is 0 Å². The Kier molecular flexibility index (Phi) is 4.53. The highest BCUT2D eigenvalue weighted by Crippen LogP contribution is 2.29. The third-order valence-electron chi connectivity index (χ3n) is 4.65. The van der Waals surface area contributed by atoms with Crippen molar-refractivity contribution in [3.63, 3.8) is 0 Å². The van der Waals surface area contributed by atoms with Crippen LogP contribution in [0.25, 0.3) is 27.9 Å². The minimum atomic E-state index is -0.166. The van der Waals surface area contributed by atoms with Crippen molar-refractivity contribution in [3.8, 4) is 22.3 Å². The van der Waals surface area contributed by atoms with Crippen LogP contribution in [0, 0.1) is 6.92 Å². The van der Waals surface area contributed by atoms with Gasteiger partial charge >= 0.3 is 0 Å². The van der Waals surface area contributed by atoms with Crippen molar-refractivity contribution in [1.29, 1.82) is 0 Å². The second-order valence-corrected chi connectivity index (χ2v) is 7.66. The van der Waals surface area contributed by atoms with E-state index < -0.39 is 0 Å². The van der Waals surface area contributed by atoms with Crippen LogP contribution in [0.3, 0.4) is 0 Å². The second kappa shape index (κ2) is 7.49. The third kappa shape index (κ3) is 3.44. The highest BCUT2D eigenvalue weighted by Gasteiger charge is 2.15. The number of aryl methyl sites for hydroxylation is 1. The molecule has 0 aromatic carbocycles. The van der Waals surface area contributed by atoms with Crippen molar-refractivity contribution in [2.24, 2.45) is 0 Å². The SMILES string of the molecule is Cc1ccc(NC(=O)c2cc(-c3cnn4cc(-c5cccnc5)cnc34)cs2)cn1. The first-order valence-corrected chi connectivity index (χ1v) is 10.1. The maximum atomic E-state index is 12.6. The number of aromatic nitrogens is 5. The van der Waals surface area contributed by atoms with Crippen LogP contribution < -0.4 is 5.32 Å². The third-order valence-corrected chi connectivity index (χ3v) is 5.58. The lowest BCUT2D eigenvalue weighted by molar-refractivity contribution is 0.103. The Labute approximate surface area is 176 Å². The zero-order valence-corrected chi connectivity index (χ0v) is 16.8. The predicted octanol–water partition coefficient (Wildman–Crippen LogP) is 4.48. The molecule has 5 aromatic heterocycles. The van der Waals surface area contributed by atoms with E-state index in [-0.39, 0.29) is 5.91 Å². The van der Waals surface area contributed by atoms with E-state index in [4.69, 9.17) is 0 Å². The Hall–Kier alpha value is -3.91. The van der Waals surface area contributed by atoms with Gasteiger partial charge in [-0.3, -0.25) is 14.8 Å². The van der Waals surface area contributed by atoms with E-state index in [1.807, 2.05) is 55.0 Å². The van der Waals surface area contributed by atoms with Gasteiger partial charge in [0.05, 0.1) is 23.0 Å². The Bertz CT molecular complexity index is 1340. The van der Waals surface area contributed by atoms with Gasteiger partial charge in [0, 0.05) is 47.2 Å². The van der Waals surface area contributed by atoms with Crippen molar-refractivity contribution in [2.45, 2.75) is 6.92 Å². The minimum Gasteiger partial charge on any atom is -0.320 e. The number of anilines is 1. The summed E-state index contributed by atoms with van der Waals surface area (Å²) in [5.74, 6) is -0.166. The summed E-state index contributed by atoms with van der Waals surface area (Å²) in [5, 5.41) is 9.25. The molecule has 0 aliphatic carbocycles. The molecule has 1 N–H and O–H groups in total. The van der Waals surface area contributed by atoms with Crippen molar-refractivity contribution in [1.82, 2.24) is 24.6 Å². The van der Waals surface area contributed by atoms with Crippen LogP contribution in [-0.4, -0.2) is 30.5 Å². The molecule has 0 spiro atoms. The fourth-order valence-electron chi connectivity index (χ4n) is 3.09. The Morgan fingerprint density at radius 3 is 2.77 bits per heavy atom. The van der Waals surface area contributed by atoms with Crippen LogP contribution in [0.4, 0.5) is 5.69 Å². The smallest absolute Gasteiger partial charge is 0.265 e. The molecule has 30 heavy (non-hydrogen) atoms. The standard InChI is InChI=1S/C22H16N6OS/c1-14-4-5-18(10-24-14)27-22(29)20-7-16(13-30-20)19-11-26-28-12-17(9-25-21(19)28)15-3-2-6-23-8-15/h2-13H,1H3,(H,27,29). The van der Waals surface area contributed by atoms with Gasteiger partial charge in [-0.2, -0.15) is 5.10 Å². The van der Waals surface area contributed by atoms with Crippen molar-refractivity contribution in [3.05, 3.63) is 83.5 Å². The second-order valence-electron chi connectivity index (χ2n) is 6.75. The molecule has 5 aromatic rings. The molecule has 0 saturated carbocycles. The molecule has 0 fully saturated rings. The van der Waals surface area contributed by atoms with Gasteiger partial charge in [-0.1, -0.05) is 6.07 Å². The number of carbonyl (C=O) groups excluding carboxylic acids is 1. The van der Waals surface area contributed by atoms with Gasteiger partial charge in [-0.25, -0.2) is 9.50 Å². The number of hydrogen-bond donors (Lipinski definition) is 1. The molecule has 0 saturated heterocycles. The monoisotopic (exact) mass is 412 g/mol. The fourth-order valence-corrected chi connectivity index (χ4v) is 3.89. The molecule has 146 valence electrons. The summed E-state index contributed by atoms with van der Waals surface area (Å²) in [6, 6.07) is 9.42. The van der Waals surface area contributed by atoms with E-state index >= 15 is 0 Å². The number of nitrogens with one attached hydrogen (secondary N) is 1. The van der Waals surface area contributed by atoms with Gasteiger partial charge in [0.25, 0.3) is 5.91 Å². The number of nitrogens with zero attached hydrogens (tertiary/aromatic N) is 5. The molecule has 1 amide bonds. The summed E-state index contributed by atoms with van der Waals surface area (Å²) in [6.07, 6.45) is 10.7. The number of pyridine rings is 2. The molecular weight excluding hydrogens is 396 g/mol. The van der Waals surface area contributed by atoms with Gasteiger partial charge in [0.15, 0.2) is 5.65 Å². The van der Waals surface area contributed by atoms with Gasteiger partial charge < -0.3 is 5.32 Å². The number of rotatable bonds is 4. The Morgan fingerprint density at radius 1 is 1.03 bits per heavy atom. The van der Waals surface area contributed by atoms with E-state index in [1.54, 1.807) is 29.3 Å². The first-order chi connectivity index (χ1) is 14.7. The normalized spacial score (nSPS) is 11.0. The van der Waals surface area contributed by atoms with E-state index in [1.165, 1.54) is 11.3 Å². The van der Waals surface area contributed by atoms with E-state index in [2.05, 4.69) is 25.4 Å². The van der Waals surface area contributed by atoms with Gasteiger partial charge in [-0.05, 0) is 42.1 Å². The summed E-state index contributed by atoms with van der Waals surface area (Å²) < 4.78 is 1.74. The molecule has 5 rings (SSSR count). The van der Waals surface area contributed by atoms with Crippen LogP contribution in [-0.2, 0) is 0 Å². The van der Waals surface area contributed by atoms with Gasteiger partial charge in [0.2, 0.25) is 0 Å². The van der Waals surface area contributed by atoms with Crippen LogP contribution in [0.1, 0.15) is 15.4 Å². The topological polar surface area (TPSA) is 85.1 Å². The zero-order valence-electron chi connectivity index (χ0n) is 16.0. The lowest BCUT2D eigenvalue weighted by Crippen LogP contribution is -2.10. The van der Waals surface area contributed by atoms with Crippen molar-refractivity contribution >= 4 is 28.6 Å². The summed E-state index contributed by atoms with van der Waals surface area (Å²) in [5.41, 5.74) is 5.99. The summed E-state index contributed by atoms with van der Waals surface area (Å²) in [7, 11) is 0. The van der Waals surface area contributed by atoms with Crippen molar-refractivity contribution < 1.29 is 4.79 Å². The average molecular weight is 412 g/mol. The Morgan fingerprint density at radius 2 is 1.97 bits per heavy atom. The number of carbonyl (C=O) groups is 1. The quantitative estimate of drug-likeness (QED) is 0.471. The van der Waals surface area contributed by atoms with Crippen LogP contribution in [0.15, 0.2) is 72.9 Å². The Balaban J connectivity index is 1.41. The van der Waals surface area contributed by atoms with Crippen LogP contribution in [0.5, 0.6) is 0 Å². The van der Waals surface area contributed by atoms with Crippen LogP contribution >= 0.6 is 11.3 Å². The molecule has 5 heterocycles. The highest BCUT2D eigenvalue weighted by molar-refractivity contribution is 7.12. The zero-order chi connectivity index (χ0) is 20.5. The van der Waals surface area contributed by atoms with Crippen molar-refractivity contribution in [2.75, 3.05) is 5.32 Å². The van der Waals surface area contributed by atoms with Gasteiger partial charge in [-0.15, -0.1) is 11.3 Å². The predicted molar refractivity (Wildman–Crippen MR) is 116 cm³/mol. The molecule has 8 heteroatoms. The molecular formula is C22H16N6OS. The number of hydrogen-bond acceptors (Lipinski definition) is 6. The summed E-state index contributed by atoms with van der Waals surface area (Å²) in [6.45, 7) is 1.90. The summed E-state index contributed by atoms with van der Waals surface area (Å²) >= 11 is 1.38.